The maximum absolute atomic E-state index is 13.8. The molecule has 0 bridgehead atoms. The zero-order valence-electron chi connectivity index (χ0n) is 12.3. The molecule has 0 radical (unpaired) electrons. The first kappa shape index (κ1) is 14.6. The number of para-hydroxylation sites is 1. The monoisotopic (exact) mass is 318 g/mol. The van der Waals surface area contributed by atoms with Crippen LogP contribution in [0.2, 0.25) is 0 Å². The fourth-order valence-corrected chi connectivity index (χ4v) is 3.11. The smallest absolute Gasteiger partial charge is 0.225 e. The first-order valence-corrected chi connectivity index (χ1v) is 7.82. The Kier molecular flexibility index (Phi) is 3.89. The number of halogens is 1. The van der Waals surface area contributed by atoms with Gasteiger partial charge in [0.2, 0.25) is 11.0 Å². The highest BCUT2D eigenvalue weighted by molar-refractivity contribution is 7.20. The van der Waals surface area contributed by atoms with Crippen molar-refractivity contribution < 1.29 is 9.18 Å². The maximum Gasteiger partial charge on any atom is 0.225 e. The fraction of sp³-hybridized carbons (Fsp3) is 0.267. The molecule has 0 unspecified atom stereocenters. The van der Waals surface area contributed by atoms with Gasteiger partial charge < -0.3 is 5.32 Å². The van der Waals surface area contributed by atoms with Gasteiger partial charge in [-0.05, 0) is 25.5 Å². The van der Waals surface area contributed by atoms with Crippen molar-refractivity contribution in [3.63, 3.8) is 0 Å². The van der Waals surface area contributed by atoms with Crippen LogP contribution in [-0.2, 0) is 4.79 Å². The average molecular weight is 318 g/mol. The van der Waals surface area contributed by atoms with Crippen LogP contribution in [0.4, 0.5) is 10.2 Å². The van der Waals surface area contributed by atoms with E-state index in [1.54, 1.807) is 16.8 Å². The van der Waals surface area contributed by atoms with Gasteiger partial charge in [0.15, 0.2) is 0 Å². The van der Waals surface area contributed by atoms with E-state index >= 15 is 0 Å². The summed E-state index contributed by atoms with van der Waals surface area (Å²) in [6.45, 7) is 3.78. The minimum Gasteiger partial charge on any atom is -0.311 e. The number of nitrogens with one attached hydrogen (secondary N) is 1. The number of amides is 1. The molecule has 0 spiro atoms. The van der Waals surface area contributed by atoms with Crippen molar-refractivity contribution in [3.05, 3.63) is 35.8 Å². The van der Waals surface area contributed by atoms with Gasteiger partial charge in [-0.2, -0.15) is 9.78 Å². The Morgan fingerprint density at radius 3 is 3.00 bits per heavy atom. The molecule has 3 rings (SSSR count). The third-order valence-electron chi connectivity index (χ3n) is 3.12. The number of hydrogen-bond acceptors (Lipinski definition) is 4. The molecule has 1 aromatic carbocycles. The van der Waals surface area contributed by atoms with E-state index in [1.165, 1.54) is 17.4 Å². The summed E-state index contributed by atoms with van der Waals surface area (Å²) in [6, 6.07) is 6.61. The summed E-state index contributed by atoms with van der Waals surface area (Å²) < 4.78 is 16.1. The van der Waals surface area contributed by atoms with Crippen LogP contribution in [0.1, 0.15) is 25.5 Å². The highest BCUT2D eigenvalue weighted by Gasteiger charge is 2.15. The average Bonchev–Trinajstić information content (AvgIpc) is 3.03. The van der Waals surface area contributed by atoms with Crippen molar-refractivity contribution in [2.75, 3.05) is 5.32 Å². The summed E-state index contributed by atoms with van der Waals surface area (Å²) in [5, 5.41) is 7.70. The third-order valence-corrected chi connectivity index (χ3v) is 4.11. The van der Waals surface area contributed by atoms with Crippen LogP contribution >= 0.6 is 11.3 Å². The van der Waals surface area contributed by atoms with Gasteiger partial charge in [-0.15, -0.1) is 0 Å². The minimum absolute atomic E-state index is 0.0732. The first-order valence-electron chi connectivity index (χ1n) is 7.00. The number of rotatable bonds is 4. The van der Waals surface area contributed by atoms with Gasteiger partial charge in [-0.25, -0.2) is 9.37 Å². The Hall–Kier alpha value is -2.28. The normalized spacial score (nSPS) is 11.0. The molecule has 1 amide bonds. The molecule has 0 saturated carbocycles. The molecular formula is C15H15FN4OS. The van der Waals surface area contributed by atoms with Crippen molar-refractivity contribution in [1.29, 1.82) is 0 Å². The molecule has 22 heavy (non-hydrogen) atoms. The molecule has 0 aliphatic rings. The summed E-state index contributed by atoms with van der Waals surface area (Å²) >= 11 is 1.33. The first-order chi connectivity index (χ1) is 10.6. The van der Waals surface area contributed by atoms with Crippen LogP contribution in [0.3, 0.4) is 0 Å². The van der Waals surface area contributed by atoms with Crippen LogP contribution in [-0.4, -0.2) is 20.7 Å². The summed E-state index contributed by atoms with van der Waals surface area (Å²) in [5.41, 5.74) is 1.08. The molecule has 0 aliphatic carbocycles. The van der Waals surface area contributed by atoms with Crippen molar-refractivity contribution in [1.82, 2.24) is 14.8 Å². The molecular weight excluding hydrogens is 303 g/mol. The molecule has 0 atom stereocenters. The number of benzene rings is 1. The van der Waals surface area contributed by atoms with Gasteiger partial charge in [0.05, 0.1) is 10.4 Å². The predicted octanol–water partition coefficient (Wildman–Crippen LogP) is 3.67. The number of nitrogens with zero attached hydrogens (tertiary/aromatic N) is 3. The van der Waals surface area contributed by atoms with Crippen molar-refractivity contribution in [3.8, 4) is 5.13 Å². The van der Waals surface area contributed by atoms with E-state index < -0.39 is 0 Å². The van der Waals surface area contributed by atoms with E-state index in [-0.39, 0.29) is 11.7 Å². The largest absolute Gasteiger partial charge is 0.311 e. The zero-order valence-corrected chi connectivity index (χ0v) is 13.1. The van der Waals surface area contributed by atoms with E-state index in [1.807, 2.05) is 19.9 Å². The number of fused-ring (bicyclic) bond motifs is 1. The van der Waals surface area contributed by atoms with Crippen molar-refractivity contribution in [2.45, 2.75) is 26.7 Å². The number of thiazole rings is 1. The number of carbonyl (C=O) groups excluding carboxylic acids is 1. The van der Waals surface area contributed by atoms with Crippen molar-refractivity contribution in [2.24, 2.45) is 0 Å². The van der Waals surface area contributed by atoms with Gasteiger partial charge in [-0.1, -0.05) is 24.3 Å². The maximum atomic E-state index is 13.8. The molecule has 3 aromatic rings. The molecule has 0 saturated heterocycles. The quantitative estimate of drug-likeness (QED) is 0.798. The van der Waals surface area contributed by atoms with Crippen LogP contribution in [0.15, 0.2) is 24.3 Å². The molecule has 0 fully saturated rings. The van der Waals surface area contributed by atoms with Crippen LogP contribution in [0.25, 0.3) is 15.3 Å². The van der Waals surface area contributed by atoms with Crippen LogP contribution < -0.4 is 5.32 Å². The summed E-state index contributed by atoms with van der Waals surface area (Å²) in [6.07, 6.45) is 1.21. The minimum atomic E-state index is -0.361. The van der Waals surface area contributed by atoms with Crippen molar-refractivity contribution >= 4 is 33.3 Å². The number of carbonyl (C=O) groups is 1. The number of hydrogen-bond donors (Lipinski definition) is 1. The molecule has 0 aliphatic heterocycles. The van der Waals surface area contributed by atoms with E-state index in [9.17, 15) is 9.18 Å². The van der Waals surface area contributed by atoms with E-state index in [0.29, 0.717) is 22.9 Å². The Balaban J connectivity index is 2.03. The van der Waals surface area contributed by atoms with Gasteiger partial charge in [0.1, 0.15) is 17.2 Å². The highest BCUT2D eigenvalue weighted by Crippen LogP contribution is 2.28. The predicted molar refractivity (Wildman–Crippen MR) is 85.0 cm³/mol. The van der Waals surface area contributed by atoms with Gasteiger partial charge in [0.25, 0.3) is 0 Å². The number of aromatic nitrogens is 3. The van der Waals surface area contributed by atoms with Gasteiger partial charge >= 0.3 is 0 Å². The molecule has 2 aromatic heterocycles. The number of aryl methyl sites for hydroxylation is 1. The Labute approximate surface area is 130 Å². The summed E-state index contributed by atoms with van der Waals surface area (Å²) in [4.78, 5) is 16.1. The Morgan fingerprint density at radius 1 is 1.45 bits per heavy atom. The topological polar surface area (TPSA) is 59.8 Å². The zero-order chi connectivity index (χ0) is 15.7. The lowest BCUT2D eigenvalue weighted by Gasteiger charge is -2.05. The molecule has 1 N–H and O–H groups in total. The van der Waals surface area contributed by atoms with Crippen LogP contribution in [0, 0.1) is 12.7 Å². The SMILES string of the molecule is CCCC(=O)Nc1cc(C)nn1-c1nc2c(F)cccc2s1. The lowest BCUT2D eigenvalue weighted by Crippen LogP contribution is -2.14. The van der Waals surface area contributed by atoms with E-state index in [2.05, 4.69) is 15.4 Å². The highest BCUT2D eigenvalue weighted by atomic mass is 32.1. The molecule has 114 valence electrons. The lowest BCUT2D eigenvalue weighted by atomic mass is 10.3. The van der Waals surface area contributed by atoms with Crippen LogP contribution in [0.5, 0.6) is 0 Å². The third kappa shape index (κ3) is 2.71. The number of anilines is 1. The van der Waals surface area contributed by atoms with Gasteiger partial charge in [0, 0.05) is 12.5 Å². The second-order valence-corrected chi connectivity index (χ2v) is 5.97. The second kappa shape index (κ2) is 5.84. The second-order valence-electron chi connectivity index (χ2n) is 4.96. The Morgan fingerprint density at radius 2 is 2.27 bits per heavy atom. The molecule has 5 nitrogen and oxygen atoms in total. The summed E-state index contributed by atoms with van der Waals surface area (Å²) in [7, 11) is 0. The van der Waals surface area contributed by atoms with E-state index in [0.717, 1.165) is 16.8 Å². The van der Waals surface area contributed by atoms with Gasteiger partial charge in [-0.3, -0.25) is 4.79 Å². The summed E-state index contributed by atoms with van der Waals surface area (Å²) in [5.74, 6) is 0.117. The molecule has 7 heteroatoms. The molecule has 2 heterocycles. The Bertz CT molecular complexity index is 839. The fourth-order valence-electron chi connectivity index (χ4n) is 2.16. The standard InChI is InChI=1S/C15H15FN4OS/c1-3-5-13(21)17-12-8-9(2)19-20(12)15-18-14-10(16)6-4-7-11(14)22-15/h4,6-8H,3,5H2,1-2H3,(H,17,21). The van der Waals surface area contributed by atoms with E-state index in [4.69, 9.17) is 0 Å². The lowest BCUT2D eigenvalue weighted by molar-refractivity contribution is -0.116.